The van der Waals surface area contributed by atoms with E-state index in [1.165, 1.54) is 22.3 Å². The fourth-order valence-corrected chi connectivity index (χ4v) is 7.63. The molecule has 0 aliphatic heterocycles. The van der Waals surface area contributed by atoms with E-state index in [0.29, 0.717) is 17.4 Å². The van der Waals surface area contributed by atoms with E-state index in [1.54, 1.807) is 6.20 Å². The van der Waals surface area contributed by atoms with Gasteiger partial charge in [0.2, 0.25) is 0 Å². The Morgan fingerprint density at radius 2 is 1.38 bits per heavy atom. The Morgan fingerprint density at radius 3 is 2.07 bits per heavy atom. The van der Waals surface area contributed by atoms with Crippen molar-refractivity contribution in [2.45, 2.75) is 98.8 Å². The van der Waals surface area contributed by atoms with Crippen LogP contribution in [0.1, 0.15) is 98.4 Å². The Bertz CT molecular complexity index is 2760. The fourth-order valence-electron chi connectivity index (χ4n) is 7.63. The van der Waals surface area contributed by atoms with Crippen LogP contribution in [0.4, 0.5) is 0 Å². The number of nitrogens with zero attached hydrogens (tertiary/aromatic N) is 5. The molecule has 4 aromatic heterocycles. The zero-order chi connectivity index (χ0) is 40.4. The number of ether oxygens (including phenoxy) is 1. The summed E-state index contributed by atoms with van der Waals surface area (Å²) in [6, 6.07) is 37.5. The van der Waals surface area contributed by atoms with Gasteiger partial charge in [0.05, 0.1) is 16.7 Å². The van der Waals surface area contributed by atoms with E-state index in [1.807, 2.05) is 18.5 Å². The van der Waals surface area contributed by atoms with Gasteiger partial charge in [-0.1, -0.05) is 130 Å². The minimum atomic E-state index is -0.0273. The molecule has 0 aliphatic carbocycles. The average Bonchev–Trinajstić information content (AvgIpc) is 3.70. The Morgan fingerprint density at radius 1 is 0.690 bits per heavy atom. The number of rotatable bonds is 7. The molecule has 0 bridgehead atoms. The van der Waals surface area contributed by atoms with Crippen LogP contribution in [-0.4, -0.2) is 19.1 Å². The third-order valence-corrected chi connectivity index (χ3v) is 10.8. The molecule has 0 amide bonds. The normalized spacial score (nSPS) is 12.5. The molecule has 300 valence electrons. The second-order valence-corrected chi connectivity index (χ2v) is 18.9. The van der Waals surface area contributed by atoms with Crippen LogP contribution < -0.4 is 9.30 Å². The smallest absolute Gasteiger partial charge is 0.268 e. The van der Waals surface area contributed by atoms with E-state index in [0.717, 1.165) is 56.5 Å². The van der Waals surface area contributed by atoms with Crippen LogP contribution >= 0.6 is 0 Å². The number of pyridine rings is 2. The molecule has 4 heterocycles. The van der Waals surface area contributed by atoms with Crippen LogP contribution in [0.25, 0.3) is 50.0 Å². The topological polar surface area (TPSA) is 48.8 Å². The molecule has 0 spiro atoms. The van der Waals surface area contributed by atoms with Gasteiger partial charge in [0.25, 0.3) is 6.33 Å². The molecule has 6 nitrogen and oxygen atoms in total. The molecule has 0 atom stereocenters. The van der Waals surface area contributed by atoms with Crippen LogP contribution in [0.5, 0.6) is 11.5 Å². The number of benzene rings is 4. The summed E-state index contributed by atoms with van der Waals surface area (Å²) < 4.78 is 13.0. The molecular weight excluding hydrogens is 894 g/mol. The molecule has 7 heteroatoms. The summed E-state index contributed by atoms with van der Waals surface area (Å²) in [4.78, 5) is 9.51. The van der Waals surface area contributed by atoms with E-state index in [-0.39, 0.29) is 37.3 Å². The molecule has 58 heavy (non-hydrogen) atoms. The van der Waals surface area contributed by atoms with Crippen molar-refractivity contribution >= 4 is 32.8 Å². The van der Waals surface area contributed by atoms with Gasteiger partial charge in [-0.3, -0.25) is 4.57 Å². The second-order valence-electron chi connectivity index (χ2n) is 18.9. The molecule has 0 saturated heterocycles. The van der Waals surface area contributed by atoms with Crippen LogP contribution in [0.2, 0.25) is 0 Å². The number of para-hydroxylation sites is 2. The maximum Gasteiger partial charge on any atom is 0.268 e. The zero-order valence-electron chi connectivity index (χ0n) is 35.6. The van der Waals surface area contributed by atoms with Crippen molar-refractivity contribution in [3.63, 3.8) is 0 Å². The summed E-state index contributed by atoms with van der Waals surface area (Å²) in [7, 11) is 0. The summed E-state index contributed by atoms with van der Waals surface area (Å²) >= 11 is 0. The summed E-state index contributed by atoms with van der Waals surface area (Å²) in [6.45, 7) is 24.9. The van der Waals surface area contributed by atoms with E-state index < -0.39 is 0 Å². The third kappa shape index (κ3) is 7.88. The van der Waals surface area contributed by atoms with E-state index in [4.69, 9.17) is 9.72 Å². The maximum atomic E-state index is 6.56. The Kier molecular flexibility index (Phi) is 10.8. The van der Waals surface area contributed by atoms with Gasteiger partial charge in [-0.2, -0.15) is 6.07 Å². The summed E-state index contributed by atoms with van der Waals surface area (Å²) in [6.07, 6.45) is 10.1. The van der Waals surface area contributed by atoms with Crippen molar-refractivity contribution in [2.24, 2.45) is 5.92 Å². The predicted molar refractivity (Wildman–Crippen MR) is 232 cm³/mol. The molecule has 8 rings (SSSR count). The zero-order valence-corrected chi connectivity index (χ0v) is 37.8. The summed E-state index contributed by atoms with van der Waals surface area (Å²) in [5.74, 6) is 2.38. The van der Waals surface area contributed by atoms with E-state index >= 15 is 0 Å². The third-order valence-electron chi connectivity index (χ3n) is 10.8. The van der Waals surface area contributed by atoms with Crippen molar-refractivity contribution < 1.29 is 30.4 Å². The molecule has 0 N–H and O–H groups in total. The molecule has 0 saturated carbocycles. The quantitative estimate of drug-likeness (QED) is 0.118. The Hall–Kier alpha value is -5.06. The SMILES string of the molecule is CC(C)Cc1cccc2c1[n+](-c1cc(C(C)(C)C)cc(C(C)(C)C)c1)[c-]n2-c1[c-]c(Oc2[c-]c3c(cc2)c2ccccc2n3-c2cc(C(C)(C)C)ccn2)cnc1.[Pt]. The summed E-state index contributed by atoms with van der Waals surface area (Å²) in [5, 5.41) is 2.22. The minimum Gasteiger partial charge on any atom is -0.508 e. The van der Waals surface area contributed by atoms with Crippen LogP contribution in [-0.2, 0) is 43.7 Å². The van der Waals surface area contributed by atoms with Crippen molar-refractivity contribution in [1.82, 2.24) is 19.1 Å². The van der Waals surface area contributed by atoms with Crippen molar-refractivity contribution in [3.05, 3.63) is 144 Å². The van der Waals surface area contributed by atoms with Crippen molar-refractivity contribution in [3.8, 4) is 28.7 Å². The van der Waals surface area contributed by atoms with Gasteiger partial charge < -0.3 is 18.9 Å². The monoisotopic (exact) mass is 946 g/mol. The van der Waals surface area contributed by atoms with Gasteiger partial charge in [0, 0.05) is 44.3 Å². The van der Waals surface area contributed by atoms with E-state index in [2.05, 4.69) is 192 Å². The van der Waals surface area contributed by atoms with Gasteiger partial charge in [-0.15, -0.1) is 23.6 Å². The van der Waals surface area contributed by atoms with Crippen LogP contribution in [0, 0.1) is 24.4 Å². The van der Waals surface area contributed by atoms with Gasteiger partial charge >= 0.3 is 0 Å². The van der Waals surface area contributed by atoms with Crippen molar-refractivity contribution in [2.75, 3.05) is 0 Å². The average molecular weight is 947 g/mol. The first-order chi connectivity index (χ1) is 27.0. The van der Waals surface area contributed by atoms with Gasteiger partial charge in [0.15, 0.2) is 0 Å². The minimum absolute atomic E-state index is 0. The molecular formula is C51H53N5OPt-2. The van der Waals surface area contributed by atoms with Crippen molar-refractivity contribution in [1.29, 1.82) is 0 Å². The summed E-state index contributed by atoms with van der Waals surface area (Å²) in [5.41, 5.74) is 11.0. The standard InChI is InChI=1S/C51H53N5O.Pt/c1-33(2)23-34-15-14-18-45-48(34)55(38-25-36(50(6,7)8)24-37(26-38)51(9,10)11)32-54(45)39-28-41(31-52-30-39)57-40-19-20-43-42-16-12-13-17-44(42)56(46(43)29-40)47-27-35(21-22-53-47)49(3,4)5;/h12-22,24-27,30-31,33H,23H2,1-11H3;/q-2;. The second kappa shape index (κ2) is 15.3. The molecule has 0 radical (unpaired) electrons. The van der Waals surface area contributed by atoms with E-state index in [9.17, 15) is 0 Å². The van der Waals surface area contributed by atoms with Gasteiger partial charge in [-0.05, 0) is 98.4 Å². The number of hydrogen-bond donors (Lipinski definition) is 0. The van der Waals surface area contributed by atoms with Crippen LogP contribution in [0.15, 0.2) is 104 Å². The first-order valence-corrected chi connectivity index (χ1v) is 20.1. The largest absolute Gasteiger partial charge is 0.508 e. The number of imidazole rings is 1. The molecule has 0 aliphatic rings. The Balaban J connectivity index is 0.00000512. The first kappa shape index (κ1) is 41.1. The molecule has 4 aromatic carbocycles. The Labute approximate surface area is 358 Å². The number of aromatic nitrogens is 5. The molecule has 8 aromatic rings. The van der Waals surface area contributed by atoms with Gasteiger partial charge in [-0.25, -0.2) is 4.98 Å². The molecule has 0 unspecified atom stereocenters. The maximum absolute atomic E-state index is 6.56. The number of hydrogen-bond acceptors (Lipinski definition) is 3. The van der Waals surface area contributed by atoms with Gasteiger partial charge in [0.1, 0.15) is 5.82 Å². The first-order valence-electron chi connectivity index (χ1n) is 20.1. The fraction of sp³-hybridized carbons (Fsp3) is 0.314. The molecule has 0 fully saturated rings. The predicted octanol–water partition coefficient (Wildman–Crippen LogP) is 12.1. The number of fused-ring (bicyclic) bond motifs is 4. The van der Waals surface area contributed by atoms with Crippen LogP contribution in [0.3, 0.4) is 0 Å².